The van der Waals surface area contributed by atoms with Gasteiger partial charge in [-0.05, 0) is 36.3 Å². The number of hydrogen-bond acceptors (Lipinski definition) is 2. The normalized spacial score (nSPS) is 14.5. The van der Waals surface area contributed by atoms with Crippen molar-refractivity contribution in [3.05, 3.63) is 35.4 Å². The maximum Gasteiger partial charge on any atom is 0.0837 e. The van der Waals surface area contributed by atoms with E-state index in [9.17, 15) is 0 Å². The molecule has 2 nitrogen and oxygen atoms in total. The van der Waals surface area contributed by atoms with Crippen LogP contribution >= 0.6 is 0 Å². The molecular weight excluding hydrogens is 258 g/mol. The van der Waals surface area contributed by atoms with Crippen molar-refractivity contribution in [1.29, 1.82) is 5.26 Å². The predicted octanol–water partition coefficient (Wildman–Crippen LogP) is 5.39. The number of hydrogen-bond donors (Lipinski definition) is 0. The van der Waals surface area contributed by atoms with Crippen molar-refractivity contribution in [3.8, 4) is 6.07 Å². The first kappa shape index (κ1) is 17.7. The number of rotatable bonds is 7. The van der Waals surface area contributed by atoms with Crippen molar-refractivity contribution in [1.82, 2.24) is 0 Å². The highest BCUT2D eigenvalue weighted by atomic mass is 16.5. The summed E-state index contributed by atoms with van der Waals surface area (Å²) in [7, 11) is 0. The summed E-state index contributed by atoms with van der Waals surface area (Å²) in [6.45, 7) is 11.5. The van der Waals surface area contributed by atoms with Crippen molar-refractivity contribution < 1.29 is 4.74 Å². The van der Waals surface area contributed by atoms with Crippen LogP contribution in [0.5, 0.6) is 0 Å². The number of nitrogens with zero attached hydrogens (tertiary/aromatic N) is 1. The summed E-state index contributed by atoms with van der Waals surface area (Å²) in [5.41, 5.74) is 2.67. The van der Waals surface area contributed by atoms with Gasteiger partial charge in [0.25, 0.3) is 0 Å². The summed E-state index contributed by atoms with van der Waals surface area (Å²) < 4.78 is 6.02. The summed E-state index contributed by atoms with van der Waals surface area (Å²) in [4.78, 5) is 0. The first-order chi connectivity index (χ1) is 9.88. The molecule has 0 bridgehead atoms. The molecule has 0 aliphatic carbocycles. The lowest BCUT2D eigenvalue weighted by molar-refractivity contribution is 0.0391. The van der Waals surface area contributed by atoms with E-state index in [2.05, 4.69) is 58.0 Å². The Balaban J connectivity index is 2.84. The zero-order valence-corrected chi connectivity index (χ0v) is 14.1. The zero-order valence-electron chi connectivity index (χ0n) is 14.1. The maximum atomic E-state index is 9.05. The van der Waals surface area contributed by atoms with Gasteiger partial charge in [0.15, 0.2) is 0 Å². The van der Waals surface area contributed by atoms with Crippen LogP contribution in [0.25, 0.3) is 0 Å². The Morgan fingerprint density at radius 2 is 1.81 bits per heavy atom. The smallest absolute Gasteiger partial charge is 0.0837 e. The van der Waals surface area contributed by atoms with Crippen LogP contribution in [0, 0.1) is 17.2 Å². The SMILES string of the molecule is CCCCOC(CC(C)C#N)c1ccc(C(C)(C)C)cc1. The fraction of sp³-hybridized carbons (Fsp3) is 0.632. The number of nitriles is 1. The molecule has 21 heavy (non-hydrogen) atoms. The van der Waals surface area contributed by atoms with Crippen LogP contribution in [-0.4, -0.2) is 6.61 Å². The Morgan fingerprint density at radius 1 is 1.19 bits per heavy atom. The van der Waals surface area contributed by atoms with Gasteiger partial charge in [0, 0.05) is 12.5 Å². The summed E-state index contributed by atoms with van der Waals surface area (Å²) in [5, 5.41) is 9.05. The van der Waals surface area contributed by atoms with Gasteiger partial charge in [0.1, 0.15) is 0 Å². The Hall–Kier alpha value is -1.33. The Kier molecular flexibility index (Phi) is 6.92. The summed E-state index contributed by atoms with van der Waals surface area (Å²) in [6, 6.07) is 11.0. The lowest BCUT2D eigenvalue weighted by Gasteiger charge is -2.22. The van der Waals surface area contributed by atoms with Crippen LogP contribution in [0.4, 0.5) is 0 Å². The maximum absolute atomic E-state index is 9.05. The molecule has 1 rings (SSSR count). The molecule has 116 valence electrons. The second-order valence-electron chi connectivity index (χ2n) is 6.85. The fourth-order valence-electron chi connectivity index (χ4n) is 2.24. The van der Waals surface area contributed by atoms with Gasteiger partial charge in [-0.1, -0.05) is 58.4 Å². The van der Waals surface area contributed by atoms with Gasteiger partial charge in [-0.15, -0.1) is 0 Å². The molecule has 1 aromatic rings. The zero-order chi connectivity index (χ0) is 15.9. The molecule has 0 spiro atoms. The van der Waals surface area contributed by atoms with Gasteiger partial charge in [0.2, 0.25) is 0 Å². The van der Waals surface area contributed by atoms with Crippen molar-refractivity contribution in [2.75, 3.05) is 6.61 Å². The quantitative estimate of drug-likeness (QED) is 0.630. The summed E-state index contributed by atoms with van der Waals surface area (Å²) in [5.74, 6) is 0.0129. The summed E-state index contributed by atoms with van der Waals surface area (Å²) >= 11 is 0. The van der Waals surface area contributed by atoms with Gasteiger partial charge >= 0.3 is 0 Å². The minimum absolute atomic E-state index is 0.0129. The molecule has 2 heteroatoms. The van der Waals surface area contributed by atoms with E-state index in [0.717, 1.165) is 25.9 Å². The number of ether oxygens (including phenoxy) is 1. The monoisotopic (exact) mass is 287 g/mol. The van der Waals surface area contributed by atoms with Crippen LogP contribution in [0.15, 0.2) is 24.3 Å². The van der Waals surface area contributed by atoms with Crippen LogP contribution in [0.2, 0.25) is 0 Å². The minimum atomic E-state index is 0.0129. The van der Waals surface area contributed by atoms with Crippen LogP contribution in [0.3, 0.4) is 0 Å². The van der Waals surface area contributed by atoms with Crippen molar-refractivity contribution >= 4 is 0 Å². The van der Waals surface area contributed by atoms with Gasteiger partial charge in [-0.2, -0.15) is 5.26 Å². The molecular formula is C19H29NO. The van der Waals surface area contributed by atoms with E-state index >= 15 is 0 Å². The molecule has 1 aromatic carbocycles. The lowest BCUT2D eigenvalue weighted by Crippen LogP contribution is -2.13. The average Bonchev–Trinajstić information content (AvgIpc) is 2.45. The predicted molar refractivity (Wildman–Crippen MR) is 88.1 cm³/mol. The van der Waals surface area contributed by atoms with Crippen molar-refractivity contribution in [2.45, 2.75) is 65.4 Å². The van der Waals surface area contributed by atoms with Crippen LogP contribution in [0.1, 0.15) is 71.1 Å². The molecule has 0 aliphatic heterocycles. The molecule has 0 N–H and O–H groups in total. The molecule has 0 aliphatic rings. The first-order valence-electron chi connectivity index (χ1n) is 8.00. The van der Waals surface area contributed by atoms with E-state index in [1.54, 1.807) is 0 Å². The molecule has 2 unspecified atom stereocenters. The van der Waals surface area contributed by atoms with E-state index in [0.29, 0.717) is 0 Å². The average molecular weight is 287 g/mol. The Morgan fingerprint density at radius 3 is 2.29 bits per heavy atom. The molecule has 0 saturated heterocycles. The molecule has 0 aromatic heterocycles. The van der Waals surface area contributed by atoms with Gasteiger partial charge in [0.05, 0.1) is 12.2 Å². The van der Waals surface area contributed by atoms with E-state index in [1.807, 2.05) is 6.92 Å². The lowest BCUT2D eigenvalue weighted by atomic mass is 9.86. The highest BCUT2D eigenvalue weighted by Crippen LogP contribution is 2.28. The molecule has 0 saturated carbocycles. The van der Waals surface area contributed by atoms with E-state index in [-0.39, 0.29) is 17.4 Å². The topological polar surface area (TPSA) is 33.0 Å². The first-order valence-corrected chi connectivity index (χ1v) is 8.00. The van der Waals surface area contributed by atoms with Gasteiger partial charge in [-0.25, -0.2) is 0 Å². The highest BCUT2D eigenvalue weighted by Gasteiger charge is 2.18. The second-order valence-corrected chi connectivity index (χ2v) is 6.85. The third-order valence-corrected chi connectivity index (χ3v) is 3.75. The van der Waals surface area contributed by atoms with Crippen LogP contribution in [-0.2, 0) is 10.2 Å². The van der Waals surface area contributed by atoms with Crippen molar-refractivity contribution in [3.63, 3.8) is 0 Å². The van der Waals surface area contributed by atoms with Gasteiger partial charge in [-0.3, -0.25) is 0 Å². The summed E-state index contributed by atoms with van der Waals surface area (Å²) in [6.07, 6.45) is 2.98. The molecule has 2 atom stereocenters. The standard InChI is InChI=1S/C19H29NO/c1-6-7-12-21-18(13-15(2)14-20)16-8-10-17(11-9-16)19(3,4)5/h8-11,15,18H,6-7,12-13H2,1-5H3. The number of unbranched alkanes of at least 4 members (excludes halogenated alkanes) is 1. The fourth-order valence-corrected chi connectivity index (χ4v) is 2.24. The number of benzene rings is 1. The molecule has 0 heterocycles. The van der Waals surface area contributed by atoms with E-state index in [1.165, 1.54) is 11.1 Å². The largest absolute Gasteiger partial charge is 0.373 e. The second kappa shape index (κ2) is 8.20. The van der Waals surface area contributed by atoms with E-state index < -0.39 is 0 Å². The molecule has 0 radical (unpaired) electrons. The Bertz CT molecular complexity index is 450. The van der Waals surface area contributed by atoms with E-state index in [4.69, 9.17) is 10.00 Å². The Labute approximate surface area is 130 Å². The highest BCUT2D eigenvalue weighted by molar-refractivity contribution is 5.28. The molecule has 0 amide bonds. The van der Waals surface area contributed by atoms with Gasteiger partial charge < -0.3 is 4.74 Å². The third-order valence-electron chi connectivity index (χ3n) is 3.75. The minimum Gasteiger partial charge on any atom is -0.373 e. The van der Waals surface area contributed by atoms with Crippen LogP contribution < -0.4 is 0 Å². The molecule has 0 fully saturated rings. The van der Waals surface area contributed by atoms with Crippen molar-refractivity contribution in [2.24, 2.45) is 5.92 Å². The third kappa shape index (κ3) is 5.89.